The first-order valence-electron chi connectivity index (χ1n) is 6.34. The third-order valence-corrected chi connectivity index (χ3v) is 3.05. The van der Waals surface area contributed by atoms with Gasteiger partial charge in [-0.05, 0) is 19.3 Å². The number of hydrogen-bond donors (Lipinski definition) is 0. The van der Waals surface area contributed by atoms with Gasteiger partial charge in [-0.3, -0.25) is 4.90 Å². The Bertz CT molecular complexity index is 183. The van der Waals surface area contributed by atoms with E-state index in [4.69, 9.17) is 4.74 Å². The molecule has 1 aliphatic heterocycles. The molecular weight excluding hydrogens is 186 g/mol. The van der Waals surface area contributed by atoms with Crippen LogP contribution in [-0.2, 0) is 4.74 Å². The highest BCUT2D eigenvalue weighted by Crippen LogP contribution is 2.11. The third-order valence-electron chi connectivity index (χ3n) is 3.05. The van der Waals surface area contributed by atoms with Gasteiger partial charge in [0.2, 0.25) is 0 Å². The topological polar surface area (TPSA) is 12.5 Å². The lowest BCUT2D eigenvalue weighted by Crippen LogP contribution is -2.36. The van der Waals surface area contributed by atoms with Gasteiger partial charge in [0.25, 0.3) is 0 Å². The molecule has 0 radical (unpaired) electrons. The first kappa shape index (κ1) is 12.7. The number of morpholine rings is 1. The van der Waals surface area contributed by atoms with E-state index in [0.717, 1.165) is 32.8 Å². The molecule has 0 aromatic rings. The van der Waals surface area contributed by atoms with Crippen molar-refractivity contribution in [1.82, 2.24) is 4.90 Å². The van der Waals surface area contributed by atoms with Crippen molar-refractivity contribution in [3.8, 4) is 0 Å². The first-order chi connectivity index (χ1) is 7.36. The quantitative estimate of drug-likeness (QED) is 0.626. The highest BCUT2D eigenvalue weighted by molar-refractivity contribution is 5.02. The molecule has 0 bridgehead atoms. The van der Waals surface area contributed by atoms with E-state index in [1.807, 2.05) is 0 Å². The van der Waals surface area contributed by atoms with Crippen molar-refractivity contribution in [2.24, 2.45) is 0 Å². The molecule has 0 aliphatic carbocycles. The van der Waals surface area contributed by atoms with Crippen LogP contribution in [-0.4, -0.2) is 37.7 Å². The van der Waals surface area contributed by atoms with Crippen LogP contribution in [0.4, 0.5) is 0 Å². The van der Waals surface area contributed by atoms with Crippen LogP contribution >= 0.6 is 0 Å². The third kappa shape index (κ3) is 5.33. The largest absolute Gasteiger partial charge is 0.379 e. The summed E-state index contributed by atoms with van der Waals surface area (Å²) in [6.45, 7) is 9.66. The zero-order chi connectivity index (χ0) is 10.9. The maximum absolute atomic E-state index is 5.34. The molecule has 1 rings (SSSR count). The summed E-state index contributed by atoms with van der Waals surface area (Å²) >= 11 is 0. The molecule has 0 aromatic heterocycles. The van der Waals surface area contributed by atoms with Crippen molar-refractivity contribution in [3.63, 3.8) is 0 Å². The normalized spacial score (nSPS) is 19.5. The van der Waals surface area contributed by atoms with E-state index in [-0.39, 0.29) is 0 Å². The molecule has 0 unspecified atom stereocenters. The van der Waals surface area contributed by atoms with Gasteiger partial charge in [-0.25, -0.2) is 0 Å². The molecule has 0 spiro atoms. The summed E-state index contributed by atoms with van der Waals surface area (Å²) in [5.41, 5.74) is 1.63. The summed E-state index contributed by atoms with van der Waals surface area (Å²) in [5.74, 6) is 0. The van der Waals surface area contributed by atoms with Gasteiger partial charge in [0, 0.05) is 19.6 Å². The number of rotatable bonds is 6. The fraction of sp³-hybridized carbons (Fsp3) is 0.846. The Morgan fingerprint density at radius 1 is 1.27 bits per heavy atom. The van der Waals surface area contributed by atoms with Crippen LogP contribution in [0.15, 0.2) is 11.6 Å². The lowest BCUT2D eigenvalue weighted by molar-refractivity contribution is 0.0433. The van der Waals surface area contributed by atoms with Gasteiger partial charge in [0.1, 0.15) is 0 Å². The lowest BCUT2D eigenvalue weighted by atomic mass is 10.1. The molecule has 0 aromatic carbocycles. The SMILES string of the molecule is CCCC/C(=C\CN1CCOCC1)CC. The molecule has 1 saturated heterocycles. The Kier molecular flexibility index (Phi) is 6.69. The van der Waals surface area contributed by atoms with Crippen molar-refractivity contribution < 1.29 is 4.74 Å². The van der Waals surface area contributed by atoms with Crippen molar-refractivity contribution >= 4 is 0 Å². The Labute approximate surface area is 94.3 Å². The van der Waals surface area contributed by atoms with Crippen LogP contribution in [0.25, 0.3) is 0 Å². The van der Waals surface area contributed by atoms with E-state index in [0.29, 0.717) is 0 Å². The Balaban J connectivity index is 2.25. The minimum absolute atomic E-state index is 0.907. The molecular formula is C13H25NO. The second-order valence-electron chi connectivity index (χ2n) is 4.23. The van der Waals surface area contributed by atoms with Crippen LogP contribution in [0, 0.1) is 0 Å². The predicted molar refractivity (Wildman–Crippen MR) is 65.2 cm³/mol. The highest BCUT2D eigenvalue weighted by Gasteiger charge is 2.08. The number of unbranched alkanes of at least 4 members (excludes halogenated alkanes) is 1. The second-order valence-corrected chi connectivity index (χ2v) is 4.23. The molecule has 0 atom stereocenters. The monoisotopic (exact) mass is 211 g/mol. The van der Waals surface area contributed by atoms with E-state index in [9.17, 15) is 0 Å². The van der Waals surface area contributed by atoms with Crippen LogP contribution < -0.4 is 0 Å². The first-order valence-corrected chi connectivity index (χ1v) is 6.34. The van der Waals surface area contributed by atoms with Gasteiger partial charge < -0.3 is 4.74 Å². The molecule has 1 heterocycles. The molecule has 88 valence electrons. The van der Waals surface area contributed by atoms with Crippen LogP contribution in [0.5, 0.6) is 0 Å². The second kappa shape index (κ2) is 7.89. The van der Waals surface area contributed by atoms with E-state index < -0.39 is 0 Å². The number of hydrogen-bond acceptors (Lipinski definition) is 2. The summed E-state index contributed by atoms with van der Waals surface area (Å²) in [5, 5.41) is 0. The summed E-state index contributed by atoms with van der Waals surface area (Å²) in [4.78, 5) is 2.48. The maximum Gasteiger partial charge on any atom is 0.0594 e. The molecule has 2 nitrogen and oxygen atoms in total. The van der Waals surface area contributed by atoms with Crippen molar-refractivity contribution in [2.45, 2.75) is 39.5 Å². The Morgan fingerprint density at radius 3 is 2.60 bits per heavy atom. The van der Waals surface area contributed by atoms with Gasteiger partial charge in [-0.2, -0.15) is 0 Å². The number of nitrogens with zero attached hydrogens (tertiary/aromatic N) is 1. The lowest BCUT2D eigenvalue weighted by Gasteiger charge is -2.25. The van der Waals surface area contributed by atoms with Crippen molar-refractivity contribution in [3.05, 3.63) is 11.6 Å². The summed E-state index contributed by atoms with van der Waals surface area (Å²) in [6.07, 6.45) is 7.57. The van der Waals surface area contributed by atoms with E-state index in [1.54, 1.807) is 5.57 Å². The van der Waals surface area contributed by atoms with Gasteiger partial charge in [-0.1, -0.05) is 31.9 Å². The van der Waals surface area contributed by atoms with Gasteiger partial charge >= 0.3 is 0 Å². The zero-order valence-electron chi connectivity index (χ0n) is 10.3. The van der Waals surface area contributed by atoms with Crippen molar-refractivity contribution in [2.75, 3.05) is 32.8 Å². The number of ether oxygens (including phenoxy) is 1. The summed E-state index contributed by atoms with van der Waals surface area (Å²) in [6, 6.07) is 0. The van der Waals surface area contributed by atoms with Gasteiger partial charge in [-0.15, -0.1) is 0 Å². The minimum atomic E-state index is 0.907. The van der Waals surface area contributed by atoms with Gasteiger partial charge in [0.05, 0.1) is 13.2 Å². The smallest absolute Gasteiger partial charge is 0.0594 e. The highest BCUT2D eigenvalue weighted by atomic mass is 16.5. The average molecular weight is 211 g/mol. The predicted octanol–water partition coefficient (Wildman–Crippen LogP) is 2.85. The van der Waals surface area contributed by atoms with E-state index in [1.165, 1.54) is 25.7 Å². The molecule has 0 N–H and O–H groups in total. The molecule has 15 heavy (non-hydrogen) atoms. The van der Waals surface area contributed by atoms with E-state index in [2.05, 4.69) is 24.8 Å². The standard InChI is InChI=1S/C13H25NO/c1-3-5-6-13(4-2)7-8-14-9-11-15-12-10-14/h7H,3-6,8-12H2,1-2H3/b13-7-. The molecule has 2 heteroatoms. The zero-order valence-corrected chi connectivity index (χ0v) is 10.3. The molecule has 1 aliphatic rings. The molecule has 0 amide bonds. The summed E-state index contributed by atoms with van der Waals surface area (Å²) in [7, 11) is 0. The summed E-state index contributed by atoms with van der Waals surface area (Å²) < 4.78 is 5.34. The van der Waals surface area contributed by atoms with Crippen molar-refractivity contribution in [1.29, 1.82) is 0 Å². The molecule has 0 saturated carbocycles. The Morgan fingerprint density at radius 2 is 2.00 bits per heavy atom. The minimum Gasteiger partial charge on any atom is -0.379 e. The fourth-order valence-electron chi connectivity index (χ4n) is 1.87. The van der Waals surface area contributed by atoms with E-state index >= 15 is 0 Å². The van der Waals surface area contributed by atoms with Crippen LogP contribution in [0.3, 0.4) is 0 Å². The molecule has 1 fully saturated rings. The van der Waals surface area contributed by atoms with Crippen LogP contribution in [0.2, 0.25) is 0 Å². The van der Waals surface area contributed by atoms with Crippen LogP contribution in [0.1, 0.15) is 39.5 Å². The number of allylic oxidation sites excluding steroid dienone is 1. The Hall–Kier alpha value is -0.340. The average Bonchev–Trinajstić information content (AvgIpc) is 2.31. The van der Waals surface area contributed by atoms with Gasteiger partial charge in [0.15, 0.2) is 0 Å². The fourth-order valence-corrected chi connectivity index (χ4v) is 1.87. The maximum atomic E-state index is 5.34.